The van der Waals surface area contributed by atoms with E-state index in [1.54, 1.807) is 6.92 Å². The van der Waals surface area contributed by atoms with Crippen molar-refractivity contribution in [2.24, 2.45) is 0 Å². The number of rotatable bonds is 2. The fourth-order valence-electron chi connectivity index (χ4n) is 1.24. The normalized spacial score (nSPS) is 10.5. The van der Waals surface area contributed by atoms with Gasteiger partial charge in [-0.05, 0) is 31.2 Å². The summed E-state index contributed by atoms with van der Waals surface area (Å²) in [4.78, 5) is 9.10. The number of nitrogen functional groups attached to an aromatic ring is 1. The van der Waals surface area contributed by atoms with Gasteiger partial charge in [-0.3, -0.25) is 0 Å². The second-order valence-corrected chi connectivity index (χ2v) is 5.22. The third kappa shape index (κ3) is 3.03. The second-order valence-electron chi connectivity index (χ2n) is 3.34. The van der Waals surface area contributed by atoms with Gasteiger partial charge in [0.2, 0.25) is 5.95 Å². The minimum atomic E-state index is 0.225. The van der Waals surface area contributed by atoms with Gasteiger partial charge in [0.25, 0.3) is 0 Å². The first-order chi connectivity index (χ1) is 8.06. The molecule has 17 heavy (non-hydrogen) atoms. The number of nitrogens with zero attached hydrogens (tertiary/aromatic N) is 2. The van der Waals surface area contributed by atoms with Crippen molar-refractivity contribution in [2.45, 2.75) is 16.8 Å². The van der Waals surface area contributed by atoms with Crippen LogP contribution >= 0.6 is 35.0 Å². The molecule has 0 spiro atoms. The van der Waals surface area contributed by atoms with Crippen LogP contribution in [0.3, 0.4) is 0 Å². The predicted octanol–water partition coefficient (Wildman–Crippen LogP) is 3.83. The SMILES string of the molecule is Cc1nc(N)nc(Sc2ccc(Cl)cc2)c1Cl. The fourth-order valence-corrected chi connectivity index (χ4v) is 2.43. The third-order valence-corrected chi connectivity index (χ3v) is 3.85. The largest absolute Gasteiger partial charge is 0.368 e. The molecule has 3 nitrogen and oxygen atoms in total. The highest BCUT2D eigenvalue weighted by atomic mass is 35.5. The Kier molecular flexibility index (Phi) is 3.76. The Balaban J connectivity index is 2.32. The summed E-state index contributed by atoms with van der Waals surface area (Å²) in [6, 6.07) is 7.43. The van der Waals surface area contributed by atoms with E-state index in [9.17, 15) is 0 Å². The molecule has 2 N–H and O–H groups in total. The van der Waals surface area contributed by atoms with E-state index in [1.807, 2.05) is 24.3 Å². The highest BCUT2D eigenvalue weighted by Gasteiger charge is 2.09. The van der Waals surface area contributed by atoms with E-state index in [-0.39, 0.29) is 5.95 Å². The molecule has 0 saturated heterocycles. The van der Waals surface area contributed by atoms with Gasteiger partial charge in [-0.25, -0.2) is 9.97 Å². The molecule has 1 aromatic carbocycles. The van der Waals surface area contributed by atoms with Gasteiger partial charge < -0.3 is 5.73 Å². The lowest BCUT2D eigenvalue weighted by molar-refractivity contribution is 1.02. The maximum atomic E-state index is 6.12. The van der Waals surface area contributed by atoms with Gasteiger partial charge in [0, 0.05) is 9.92 Å². The first kappa shape index (κ1) is 12.5. The molecule has 88 valence electrons. The summed E-state index contributed by atoms with van der Waals surface area (Å²) in [5.74, 6) is 0.225. The average Bonchev–Trinajstić information content (AvgIpc) is 2.28. The Morgan fingerprint density at radius 2 is 1.76 bits per heavy atom. The highest BCUT2D eigenvalue weighted by Crippen LogP contribution is 2.33. The van der Waals surface area contributed by atoms with Crippen molar-refractivity contribution in [1.29, 1.82) is 0 Å². The molecule has 0 amide bonds. The molecule has 0 aliphatic rings. The van der Waals surface area contributed by atoms with E-state index in [4.69, 9.17) is 28.9 Å². The maximum Gasteiger partial charge on any atom is 0.221 e. The van der Waals surface area contributed by atoms with Crippen molar-refractivity contribution in [3.05, 3.63) is 40.0 Å². The molecular formula is C11H9Cl2N3S. The van der Waals surface area contributed by atoms with Crippen LogP contribution in [0.15, 0.2) is 34.2 Å². The summed E-state index contributed by atoms with van der Waals surface area (Å²) in [6.45, 7) is 1.80. The van der Waals surface area contributed by atoms with E-state index in [2.05, 4.69) is 9.97 Å². The predicted molar refractivity (Wildman–Crippen MR) is 71.8 cm³/mol. The molecule has 0 fully saturated rings. The topological polar surface area (TPSA) is 51.8 Å². The van der Waals surface area contributed by atoms with Crippen LogP contribution < -0.4 is 5.73 Å². The van der Waals surface area contributed by atoms with Crippen LogP contribution in [-0.2, 0) is 0 Å². The zero-order valence-corrected chi connectivity index (χ0v) is 11.3. The van der Waals surface area contributed by atoms with Crippen LogP contribution in [0.4, 0.5) is 5.95 Å². The molecular weight excluding hydrogens is 277 g/mol. The van der Waals surface area contributed by atoms with Gasteiger partial charge >= 0.3 is 0 Å². The lowest BCUT2D eigenvalue weighted by Gasteiger charge is -2.06. The standard InChI is InChI=1S/C11H9Cl2N3S/c1-6-9(13)10(16-11(14)15-6)17-8-4-2-7(12)3-5-8/h2-5H,1H3,(H2,14,15,16). The summed E-state index contributed by atoms with van der Waals surface area (Å²) in [5, 5.41) is 1.87. The van der Waals surface area contributed by atoms with Gasteiger partial charge in [-0.15, -0.1) is 0 Å². The number of hydrogen-bond acceptors (Lipinski definition) is 4. The molecule has 6 heteroatoms. The molecule has 0 bridgehead atoms. The molecule has 2 rings (SSSR count). The summed E-state index contributed by atoms with van der Waals surface area (Å²) in [6.07, 6.45) is 0. The van der Waals surface area contributed by atoms with Crippen LogP contribution in [0.25, 0.3) is 0 Å². The Labute approximate surface area is 113 Å². The summed E-state index contributed by atoms with van der Waals surface area (Å²) in [5.41, 5.74) is 6.27. The molecule has 1 heterocycles. The number of anilines is 1. The summed E-state index contributed by atoms with van der Waals surface area (Å²) >= 11 is 13.4. The minimum Gasteiger partial charge on any atom is -0.368 e. The first-order valence-corrected chi connectivity index (χ1v) is 6.36. The first-order valence-electron chi connectivity index (χ1n) is 4.79. The molecule has 2 aromatic rings. The van der Waals surface area contributed by atoms with Gasteiger partial charge in [-0.1, -0.05) is 35.0 Å². The van der Waals surface area contributed by atoms with Crippen LogP contribution in [0.1, 0.15) is 5.69 Å². The maximum absolute atomic E-state index is 6.12. The van der Waals surface area contributed by atoms with Crippen LogP contribution in [0.5, 0.6) is 0 Å². The van der Waals surface area contributed by atoms with Crippen molar-refractivity contribution < 1.29 is 0 Å². The number of aromatic nitrogens is 2. The molecule has 0 atom stereocenters. The number of aryl methyl sites for hydroxylation is 1. The van der Waals surface area contributed by atoms with Crippen LogP contribution in [-0.4, -0.2) is 9.97 Å². The Bertz CT molecular complexity index is 543. The van der Waals surface area contributed by atoms with Crippen molar-refractivity contribution in [1.82, 2.24) is 9.97 Å². The van der Waals surface area contributed by atoms with Gasteiger partial charge in [-0.2, -0.15) is 0 Å². The van der Waals surface area contributed by atoms with Crippen molar-refractivity contribution >= 4 is 40.9 Å². The van der Waals surface area contributed by atoms with E-state index in [0.717, 1.165) is 4.90 Å². The van der Waals surface area contributed by atoms with E-state index in [0.29, 0.717) is 20.8 Å². The molecule has 0 aliphatic carbocycles. The minimum absolute atomic E-state index is 0.225. The Morgan fingerprint density at radius 3 is 2.41 bits per heavy atom. The Hall–Kier alpha value is -0.970. The van der Waals surface area contributed by atoms with E-state index < -0.39 is 0 Å². The van der Waals surface area contributed by atoms with E-state index in [1.165, 1.54) is 11.8 Å². The zero-order chi connectivity index (χ0) is 12.4. The third-order valence-electron chi connectivity index (χ3n) is 2.03. The zero-order valence-electron chi connectivity index (χ0n) is 8.95. The summed E-state index contributed by atoms with van der Waals surface area (Å²) in [7, 11) is 0. The fraction of sp³-hybridized carbons (Fsp3) is 0.0909. The number of nitrogens with two attached hydrogens (primary N) is 1. The monoisotopic (exact) mass is 285 g/mol. The molecule has 0 radical (unpaired) electrons. The molecule has 0 saturated carbocycles. The van der Waals surface area contributed by atoms with Crippen molar-refractivity contribution in [3.8, 4) is 0 Å². The average molecular weight is 286 g/mol. The number of halogens is 2. The lowest BCUT2D eigenvalue weighted by atomic mass is 10.4. The summed E-state index contributed by atoms with van der Waals surface area (Å²) < 4.78 is 0. The van der Waals surface area contributed by atoms with Crippen molar-refractivity contribution in [3.63, 3.8) is 0 Å². The highest BCUT2D eigenvalue weighted by molar-refractivity contribution is 7.99. The quantitative estimate of drug-likeness (QED) is 0.852. The number of benzene rings is 1. The lowest BCUT2D eigenvalue weighted by Crippen LogP contribution is -1.99. The van der Waals surface area contributed by atoms with E-state index >= 15 is 0 Å². The Morgan fingerprint density at radius 1 is 1.12 bits per heavy atom. The van der Waals surface area contributed by atoms with Crippen molar-refractivity contribution in [2.75, 3.05) is 5.73 Å². The smallest absolute Gasteiger partial charge is 0.221 e. The number of hydrogen-bond donors (Lipinski definition) is 1. The van der Waals surface area contributed by atoms with Gasteiger partial charge in [0.05, 0.1) is 10.7 Å². The molecule has 0 aliphatic heterocycles. The van der Waals surface area contributed by atoms with Gasteiger partial charge in [0.15, 0.2) is 0 Å². The molecule has 0 unspecified atom stereocenters. The second kappa shape index (κ2) is 5.12. The van der Waals surface area contributed by atoms with Gasteiger partial charge in [0.1, 0.15) is 5.03 Å². The van der Waals surface area contributed by atoms with Crippen LogP contribution in [0, 0.1) is 6.92 Å². The molecule has 1 aromatic heterocycles. The van der Waals surface area contributed by atoms with Crippen LogP contribution in [0.2, 0.25) is 10.0 Å².